The maximum atomic E-state index is 12.6. The highest BCUT2D eigenvalue weighted by molar-refractivity contribution is 8.00. The van der Waals surface area contributed by atoms with Crippen molar-refractivity contribution in [3.63, 3.8) is 0 Å². The number of nitrogens with one attached hydrogen (secondary N) is 2. The SMILES string of the molecule is CC(Sc1cccc(NC(=O)CCC(=O)O)c1)C(=O)Nc1nc(-c2cccc([N+](=O)[O-])c2)cs1. The second-order valence-corrected chi connectivity index (χ2v) is 9.34. The van der Waals surface area contributed by atoms with Gasteiger partial charge in [-0.15, -0.1) is 23.1 Å². The van der Waals surface area contributed by atoms with E-state index in [4.69, 9.17) is 5.11 Å². The van der Waals surface area contributed by atoms with E-state index < -0.39 is 22.0 Å². The number of nitrogens with zero attached hydrogens (tertiary/aromatic N) is 2. The molecular formula is C22H20N4O6S2. The number of rotatable bonds is 10. The first-order valence-electron chi connectivity index (χ1n) is 10.0. The molecule has 34 heavy (non-hydrogen) atoms. The fourth-order valence-corrected chi connectivity index (χ4v) is 4.45. The number of thioether (sulfide) groups is 1. The minimum Gasteiger partial charge on any atom is -0.481 e. The summed E-state index contributed by atoms with van der Waals surface area (Å²) in [5.41, 5.74) is 1.57. The summed E-state index contributed by atoms with van der Waals surface area (Å²) in [6.07, 6.45) is -0.380. The molecule has 1 unspecified atom stereocenters. The summed E-state index contributed by atoms with van der Waals surface area (Å²) in [6, 6.07) is 13.0. The van der Waals surface area contributed by atoms with Crippen LogP contribution in [0, 0.1) is 10.1 Å². The lowest BCUT2D eigenvalue weighted by Gasteiger charge is -2.12. The number of carbonyl (C=O) groups is 3. The molecule has 0 spiro atoms. The monoisotopic (exact) mass is 500 g/mol. The average molecular weight is 501 g/mol. The Labute approximate surface area is 202 Å². The van der Waals surface area contributed by atoms with Crippen molar-refractivity contribution in [2.24, 2.45) is 0 Å². The topological polar surface area (TPSA) is 152 Å². The van der Waals surface area contributed by atoms with Crippen LogP contribution in [0.1, 0.15) is 19.8 Å². The van der Waals surface area contributed by atoms with E-state index in [0.717, 1.165) is 4.90 Å². The number of carbonyl (C=O) groups excluding carboxylic acids is 2. The number of hydrogen-bond acceptors (Lipinski definition) is 8. The summed E-state index contributed by atoms with van der Waals surface area (Å²) >= 11 is 2.50. The number of anilines is 2. The molecule has 3 rings (SSSR count). The number of carboxylic acids is 1. The maximum absolute atomic E-state index is 12.6. The quantitative estimate of drug-likeness (QED) is 0.207. The smallest absolute Gasteiger partial charge is 0.303 e. The molecule has 2 aromatic carbocycles. The van der Waals surface area contributed by atoms with Crippen LogP contribution in [0.25, 0.3) is 11.3 Å². The molecule has 0 aliphatic carbocycles. The molecule has 0 radical (unpaired) electrons. The summed E-state index contributed by atoms with van der Waals surface area (Å²) in [7, 11) is 0. The Bertz CT molecular complexity index is 1230. The van der Waals surface area contributed by atoms with E-state index >= 15 is 0 Å². The Morgan fingerprint density at radius 1 is 1.15 bits per heavy atom. The van der Waals surface area contributed by atoms with Crippen LogP contribution >= 0.6 is 23.1 Å². The zero-order valence-electron chi connectivity index (χ0n) is 17.9. The molecule has 10 nitrogen and oxygen atoms in total. The lowest BCUT2D eigenvalue weighted by Crippen LogP contribution is -2.22. The first-order valence-corrected chi connectivity index (χ1v) is 11.8. The number of carboxylic acid groups (broad SMARTS) is 1. The van der Waals surface area contributed by atoms with Gasteiger partial charge in [-0.25, -0.2) is 4.98 Å². The zero-order chi connectivity index (χ0) is 24.7. The molecule has 0 fully saturated rings. The average Bonchev–Trinajstić information content (AvgIpc) is 3.26. The third-order valence-corrected chi connectivity index (χ3v) is 6.30. The minimum absolute atomic E-state index is 0.0404. The van der Waals surface area contributed by atoms with Crippen molar-refractivity contribution < 1.29 is 24.4 Å². The number of nitro groups is 1. The predicted octanol–water partition coefficient (Wildman–Crippen LogP) is 4.64. The molecule has 3 N–H and O–H groups in total. The number of hydrogen-bond donors (Lipinski definition) is 3. The highest BCUT2D eigenvalue weighted by atomic mass is 32.2. The number of nitro benzene ring substituents is 1. The van der Waals surface area contributed by atoms with Crippen LogP contribution in [-0.2, 0) is 14.4 Å². The normalized spacial score (nSPS) is 11.4. The van der Waals surface area contributed by atoms with E-state index in [-0.39, 0.29) is 24.4 Å². The lowest BCUT2D eigenvalue weighted by molar-refractivity contribution is -0.384. The van der Waals surface area contributed by atoms with Gasteiger partial charge in [-0.05, 0) is 25.1 Å². The van der Waals surface area contributed by atoms with Gasteiger partial charge >= 0.3 is 5.97 Å². The third kappa shape index (κ3) is 7.12. The van der Waals surface area contributed by atoms with Gasteiger partial charge in [0.15, 0.2) is 5.13 Å². The van der Waals surface area contributed by atoms with Crippen LogP contribution in [0.4, 0.5) is 16.5 Å². The summed E-state index contributed by atoms with van der Waals surface area (Å²) in [5.74, 6) is -1.73. The van der Waals surface area contributed by atoms with Crippen molar-refractivity contribution in [2.45, 2.75) is 29.9 Å². The highest BCUT2D eigenvalue weighted by Crippen LogP contribution is 2.29. The predicted molar refractivity (Wildman–Crippen MR) is 130 cm³/mol. The standard InChI is InChI=1S/C22H20N4O6S2/c1-13(34-17-7-3-5-15(11-17)23-19(27)8-9-20(28)29)21(30)25-22-24-18(12-33-22)14-4-2-6-16(10-14)26(31)32/h2-7,10-13H,8-9H2,1H3,(H,23,27)(H,28,29)(H,24,25,30). The molecule has 0 saturated carbocycles. The first kappa shape index (κ1) is 24.9. The van der Waals surface area contributed by atoms with Gasteiger partial charge in [-0.2, -0.15) is 0 Å². The van der Waals surface area contributed by atoms with Crippen LogP contribution in [0.2, 0.25) is 0 Å². The summed E-state index contributed by atoms with van der Waals surface area (Å²) in [4.78, 5) is 50.7. The summed E-state index contributed by atoms with van der Waals surface area (Å²) < 4.78 is 0. The Kier molecular flexibility index (Phi) is 8.33. The van der Waals surface area contributed by atoms with Crippen molar-refractivity contribution in [1.82, 2.24) is 4.98 Å². The molecule has 0 aliphatic heterocycles. The fraction of sp³-hybridized carbons (Fsp3) is 0.182. The second kappa shape index (κ2) is 11.4. The molecular weight excluding hydrogens is 480 g/mol. The number of amides is 2. The van der Waals surface area contributed by atoms with Crippen molar-refractivity contribution in [3.8, 4) is 11.3 Å². The van der Waals surface area contributed by atoms with Crippen molar-refractivity contribution >= 4 is 57.4 Å². The van der Waals surface area contributed by atoms with E-state index in [1.165, 1.54) is 35.2 Å². The number of aliphatic carboxylic acids is 1. The van der Waals surface area contributed by atoms with Crippen molar-refractivity contribution in [1.29, 1.82) is 0 Å². The Morgan fingerprint density at radius 2 is 1.91 bits per heavy atom. The molecule has 3 aromatic rings. The molecule has 0 bridgehead atoms. The van der Waals surface area contributed by atoms with Crippen LogP contribution in [0.3, 0.4) is 0 Å². The lowest BCUT2D eigenvalue weighted by atomic mass is 10.1. The van der Waals surface area contributed by atoms with Gasteiger partial charge in [-0.1, -0.05) is 18.2 Å². The van der Waals surface area contributed by atoms with E-state index in [1.807, 2.05) is 0 Å². The molecule has 0 aliphatic rings. The van der Waals surface area contributed by atoms with Crippen LogP contribution in [0.5, 0.6) is 0 Å². The van der Waals surface area contributed by atoms with Gasteiger partial charge in [0.25, 0.3) is 5.69 Å². The number of non-ortho nitro benzene ring substituents is 1. The Balaban J connectivity index is 1.58. The zero-order valence-corrected chi connectivity index (χ0v) is 19.5. The molecule has 1 atom stereocenters. The van der Waals surface area contributed by atoms with E-state index in [9.17, 15) is 24.5 Å². The van der Waals surface area contributed by atoms with E-state index in [1.54, 1.807) is 48.7 Å². The van der Waals surface area contributed by atoms with Gasteiger partial charge in [0, 0.05) is 40.1 Å². The van der Waals surface area contributed by atoms with Crippen molar-refractivity contribution in [2.75, 3.05) is 10.6 Å². The third-order valence-electron chi connectivity index (χ3n) is 4.45. The largest absolute Gasteiger partial charge is 0.481 e. The van der Waals surface area contributed by atoms with E-state index in [0.29, 0.717) is 22.1 Å². The van der Waals surface area contributed by atoms with Gasteiger partial charge in [0.05, 0.1) is 22.3 Å². The van der Waals surface area contributed by atoms with Gasteiger partial charge in [-0.3, -0.25) is 24.5 Å². The van der Waals surface area contributed by atoms with Crippen LogP contribution < -0.4 is 10.6 Å². The van der Waals surface area contributed by atoms with Gasteiger partial charge in [0.1, 0.15) is 0 Å². The van der Waals surface area contributed by atoms with Gasteiger partial charge < -0.3 is 15.7 Å². The van der Waals surface area contributed by atoms with Crippen LogP contribution in [0.15, 0.2) is 58.8 Å². The van der Waals surface area contributed by atoms with Gasteiger partial charge in [0.2, 0.25) is 11.8 Å². The Hall–Kier alpha value is -3.77. The first-order chi connectivity index (χ1) is 16.2. The minimum atomic E-state index is -1.04. The molecule has 12 heteroatoms. The van der Waals surface area contributed by atoms with Crippen LogP contribution in [-0.4, -0.2) is 38.0 Å². The summed E-state index contributed by atoms with van der Waals surface area (Å²) in [6.45, 7) is 1.73. The number of thiazole rings is 1. The second-order valence-electron chi connectivity index (χ2n) is 7.06. The molecule has 1 aromatic heterocycles. The molecule has 1 heterocycles. The highest BCUT2D eigenvalue weighted by Gasteiger charge is 2.17. The van der Waals surface area contributed by atoms with E-state index in [2.05, 4.69) is 15.6 Å². The molecule has 0 saturated heterocycles. The number of benzene rings is 2. The molecule has 2 amide bonds. The maximum Gasteiger partial charge on any atom is 0.303 e. The molecule has 176 valence electrons. The Morgan fingerprint density at radius 3 is 2.65 bits per heavy atom. The van der Waals surface area contributed by atoms with Crippen molar-refractivity contribution in [3.05, 3.63) is 64.0 Å². The fourth-order valence-electron chi connectivity index (χ4n) is 2.80. The number of aromatic nitrogens is 1. The summed E-state index contributed by atoms with van der Waals surface area (Å²) in [5, 5.41) is 26.6.